The average Bonchev–Trinajstić information content (AvgIpc) is 3.65. The van der Waals surface area contributed by atoms with Crippen molar-refractivity contribution in [1.29, 1.82) is 0 Å². The number of para-hydroxylation sites is 1. The summed E-state index contributed by atoms with van der Waals surface area (Å²) in [7, 11) is 2.02. The Kier molecular flexibility index (Phi) is 9.44. The summed E-state index contributed by atoms with van der Waals surface area (Å²) in [5, 5.41) is 4.79. The standard InChI is InChI=1S/C25H24N3S.C5H5.Fe/c1-3-4-15-28-21-11-7-8-12-24(21)29-25-16-19(13-14-22(25)28)20-17-23(27(2)26-20)18-9-5-6-10-18;1-2-4-5-3-1;/h5-14,16-17H,3-4,15H2,1-2H3;1-5H;/q;;+2. The SMILES string of the molecule is CCCCN1c2ccccc2Sc2cc(-c3cc([C]4[CH][CH][CH][CH]4)n(C)n3)ccc21.[CH]1[CH][CH][CH][CH]1.[Fe+2]. The van der Waals surface area contributed by atoms with Gasteiger partial charge >= 0.3 is 17.1 Å². The molecule has 2 aromatic carbocycles. The topological polar surface area (TPSA) is 21.1 Å². The van der Waals surface area contributed by atoms with Crippen LogP contribution >= 0.6 is 11.8 Å². The van der Waals surface area contributed by atoms with E-state index < -0.39 is 0 Å². The Morgan fingerprint density at radius 1 is 0.800 bits per heavy atom. The Morgan fingerprint density at radius 2 is 1.49 bits per heavy atom. The van der Waals surface area contributed by atoms with E-state index in [1.54, 1.807) is 0 Å². The van der Waals surface area contributed by atoms with Gasteiger partial charge in [0.25, 0.3) is 0 Å². The number of rotatable bonds is 5. The third-order valence-corrected chi connectivity index (χ3v) is 7.16. The van der Waals surface area contributed by atoms with Gasteiger partial charge in [-0.15, -0.1) is 0 Å². The molecule has 3 nitrogen and oxygen atoms in total. The fourth-order valence-corrected chi connectivity index (χ4v) is 5.43. The molecular weight excluding hydrogens is 490 g/mol. The van der Waals surface area contributed by atoms with Crippen molar-refractivity contribution in [2.45, 2.75) is 29.6 Å². The van der Waals surface area contributed by atoms with Crippen LogP contribution in [0.5, 0.6) is 0 Å². The van der Waals surface area contributed by atoms with Gasteiger partial charge in [0, 0.05) is 40.6 Å². The van der Waals surface area contributed by atoms with Gasteiger partial charge in [-0.3, -0.25) is 4.68 Å². The molecule has 0 N–H and O–H groups in total. The number of fused-ring (bicyclic) bond motifs is 2. The summed E-state index contributed by atoms with van der Waals surface area (Å²) in [5.74, 6) is 1.21. The Morgan fingerprint density at radius 3 is 2.20 bits per heavy atom. The Bertz CT molecular complexity index is 1090. The molecule has 3 aromatic rings. The maximum atomic E-state index is 4.79. The molecular formula is C30H29FeN3S+2. The zero-order chi connectivity index (χ0) is 23.3. The molecule has 2 heterocycles. The van der Waals surface area contributed by atoms with E-state index in [1.165, 1.54) is 45.5 Å². The monoisotopic (exact) mass is 519 g/mol. The van der Waals surface area contributed by atoms with Crippen LogP contribution in [0.1, 0.15) is 25.5 Å². The predicted octanol–water partition coefficient (Wildman–Crippen LogP) is 7.26. The first-order valence-corrected chi connectivity index (χ1v) is 12.7. The van der Waals surface area contributed by atoms with Crippen molar-refractivity contribution < 1.29 is 17.1 Å². The maximum absolute atomic E-state index is 4.79. The average molecular weight is 519 g/mol. The van der Waals surface area contributed by atoms with Gasteiger partial charge in [0.05, 0.1) is 17.1 Å². The summed E-state index contributed by atoms with van der Waals surface area (Å²) in [5.41, 5.74) is 5.96. The quantitative estimate of drug-likeness (QED) is 0.331. The smallest absolute Gasteiger partial charge is 0.340 e. The molecule has 3 aliphatic rings. The molecule has 0 atom stereocenters. The van der Waals surface area contributed by atoms with Crippen LogP contribution in [0, 0.1) is 63.7 Å². The molecule has 5 heteroatoms. The van der Waals surface area contributed by atoms with Crippen LogP contribution in [-0.2, 0) is 24.1 Å². The summed E-state index contributed by atoms with van der Waals surface area (Å²) < 4.78 is 1.97. The van der Waals surface area contributed by atoms with Crippen molar-refractivity contribution in [3.05, 3.63) is 118 Å². The second kappa shape index (κ2) is 12.5. The van der Waals surface area contributed by atoms with Crippen molar-refractivity contribution in [2.75, 3.05) is 11.4 Å². The summed E-state index contributed by atoms with van der Waals surface area (Å²) >= 11 is 1.86. The van der Waals surface area contributed by atoms with Crippen molar-refractivity contribution in [3.63, 3.8) is 0 Å². The second-order valence-electron chi connectivity index (χ2n) is 8.43. The van der Waals surface area contributed by atoms with Gasteiger partial charge in [0.15, 0.2) is 0 Å². The molecule has 10 radical (unpaired) electrons. The molecule has 1 aromatic heterocycles. The largest absolute Gasteiger partial charge is 2.00 e. The van der Waals surface area contributed by atoms with Gasteiger partial charge in [-0.1, -0.05) is 43.3 Å². The van der Waals surface area contributed by atoms with Crippen LogP contribution < -0.4 is 4.90 Å². The number of hydrogen-bond acceptors (Lipinski definition) is 3. The zero-order valence-corrected chi connectivity index (χ0v) is 22.0. The van der Waals surface area contributed by atoms with E-state index in [2.05, 4.69) is 86.0 Å². The van der Waals surface area contributed by atoms with E-state index in [-0.39, 0.29) is 17.1 Å². The minimum atomic E-state index is 0. The molecule has 176 valence electrons. The van der Waals surface area contributed by atoms with Gasteiger partial charge in [-0.05, 0) is 94.5 Å². The van der Waals surface area contributed by atoms with Crippen molar-refractivity contribution >= 4 is 23.1 Å². The molecule has 1 aliphatic heterocycles. The molecule has 0 amide bonds. The molecule has 0 bridgehead atoms. The van der Waals surface area contributed by atoms with E-state index in [9.17, 15) is 0 Å². The van der Waals surface area contributed by atoms with Crippen molar-refractivity contribution in [3.8, 4) is 11.3 Å². The Labute approximate surface area is 226 Å². The molecule has 2 saturated carbocycles. The number of unbranched alkanes of at least 4 members (excludes halogenated alkanes) is 1. The molecule has 6 rings (SSSR count). The summed E-state index contributed by atoms with van der Waals surface area (Å²) in [4.78, 5) is 5.10. The van der Waals surface area contributed by atoms with E-state index in [1.807, 2.05) is 55.6 Å². The maximum Gasteiger partial charge on any atom is 2.00 e. The Hall–Kier alpha value is -1.68. The molecule has 0 unspecified atom stereocenters. The third kappa shape index (κ3) is 6.01. The first-order chi connectivity index (χ1) is 16.7. The first-order valence-electron chi connectivity index (χ1n) is 11.9. The molecule has 0 spiro atoms. The van der Waals surface area contributed by atoms with Crippen LogP contribution in [0.25, 0.3) is 11.3 Å². The normalized spacial score (nSPS) is 16.8. The predicted molar refractivity (Wildman–Crippen MR) is 142 cm³/mol. The molecule has 0 saturated heterocycles. The summed E-state index contributed by atoms with van der Waals surface area (Å²) in [6, 6.07) is 17.7. The number of nitrogens with zero attached hydrogens (tertiary/aromatic N) is 3. The van der Waals surface area contributed by atoms with Crippen molar-refractivity contribution in [1.82, 2.24) is 9.78 Å². The van der Waals surface area contributed by atoms with Crippen LogP contribution in [0.3, 0.4) is 0 Å². The third-order valence-electron chi connectivity index (χ3n) is 6.05. The number of benzene rings is 2. The van der Waals surface area contributed by atoms with Crippen LogP contribution in [0.4, 0.5) is 11.4 Å². The van der Waals surface area contributed by atoms with Crippen LogP contribution in [-0.4, -0.2) is 16.3 Å². The minimum Gasteiger partial charge on any atom is -0.340 e. The van der Waals surface area contributed by atoms with Gasteiger partial charge < -0.3 is 4.90 Å². The summed E-state index contributed by atoms with van der Waals surface area (Å²) in [6.45, 7) is 3.30. The van der Waals surface area contributed by atoms with Crippen molar-refractivity contribution in [2.24, 2.45) is 7.05 Å². The van der Waals surface area contributed by atoms with Gasteiger partial charge in [0.1, 0.15) is 0 Å². The Balaban J connectivity index is 0.000000431. The molecule has 2 fully saturated rings. The minimum absolute atomic E-state index is 0. The van der Waals surface area contributed by atoms with E-state index in [4.69, 9.17) is 5.10 Å². The fraction of sp³-hybridized carbons (Fsp3) is 0.167. The fourth-order valence-electron chi connectivity index (χ4n) is 4.29. The summed E-state index contributed by atoms with van der Waals surface area (Å²) in [6.07, 6.45) is 20.8. The zero-order valence-electron chi connectivity index (χ0n) is 20.0. The van der Waals surface area contributed by atoms with E-state index in [0.29, 0.717) is 0 Å². The first kappa shape index (κ1) is 26.4. The number of hydrogen-bond donors (Lipinski definition) is 0. The number of anilines is 2. The van der Waals surface area contributed by atoms with Crippen LogP contribution in [0.2, 0.25) is 0 Å². The van der Waals surface area contributed by atoms with E-state index >= 15 is 0 Å². The van der Waals surface area contributed by atoms with E-state index in [0.717, 1.165) is 17.9 Å². The van der Waals surface area contributed by atoms with Gasteiger partial charge in [0.2, 0.25) is 0 Å². The second-order valence-corrected chi connectivity index (χ2v) is 9.52. The molecule has 2 aliphatic carbocycles. The molecule has 35 heavy (non-hydrogen) atoms. The number of aromatic nitrogens is 2. The number of aryl methyl sites for hydroxylation is 1. The van der Waals surface area contributed by atoms with Gasteiger partial charge in [-0.2, -0.15) is 5.10 Å². The van der Waals surface area contributed by atoms with Crippen LogP contribution in [0.15, 0.2) is 58.3 Å². The van der Waals surface area contributed by atoms with Gasteiger partial charge in [-0.25, -0.2) is 0 Å².